The second-order valence-corrected chi connectivity index (χ2v) is 10.9. The van der Waals surface area contributed by atoms with Crippen LogP contribution >= 0.6 is 7.37 Å². The number of imidazole rings is 1. The highest BCUT2D eigenvalue weighted by Gasteiger charge is 2.56. The van der Waals surface area contributed by atoms with Crippen LogP contribution in [-0.2, 0) is 23.0 Å². The molecule has 1 aromatic heterocycles. The Morgan fingerprint density at radius 1 is 1.33 bits per heavy atom. The minimum atomic E-state index is -3.84. The number of rotatable bonds is 8. The first kappa shape index (κ1) is 22.7. The molecule has 3 rings (SSSR count). The quantitative estimate of drug-likeness (QED) is 0.431. The van der Waals surface area contributed by atoms with Crippen molar-refractivity contribution < 1.29 is 19.4 Å². The van der Waals surface area contributed by atoms with Gasteiger partial charge in [0, 0.05) is 44.6 Å². The predicted molar refractivity (Wildman–Crippen MR) is 117 cm³/mol. The average molecular weight is 434 g/mol. The maximum absolute atomic E-state index is 13.0. The molecule has 4 N–H and O–H groups in total. The number of carboxylic acids is 1. The highest BCUT2D eigenvalue weighted by molar-refractivity contribution is 7.61. The molecule has 0 spiro atoms. The number of benzene rings is 1. The number of carboxylic acid groups (broad SMARTS) is 1. The van der Waals surface area contributed by atoms with Crippen LogP contribution in [0.1, 0.15) is 30.7 Å². The van der Waals surface area contributed by atoms with Crippen LogP contribution in [-0.4, -0.2) is 61.4 Å². The van der Waals surface area contributed by atoms with E-state index in [0.29, 0.717) is 32.5 Å². The summed E-state index contributed by atoms with van der Waals surface area (Å²) < 4.78 is 14.9. The molecule has 1 aliphatic heterocycles. The van der Waals surface area contributed by atoms with Gasteiger partial charge in [-0.15, -0.1) is 0 Å². The van der Waals surface area contributed by atoms with E-state index < -0.39 is 18.5 Å². The summed E-state index contributed by atoms with van der Waals surface area (Å²) in [7, 11) is -1.89. The van der Waals surface area contributed by atoms with Gasteiger partial charge in [0.25, 0.3) is 0 Å². The lowest BCUT2D eigenvalue weighted by Crippen LogP contribution is -2.53. The number of hydrogen-bond donors (Lipinski definition) is 3. The van der Waals surface area contributed by atoms with Crippen molar-refractivity contribution in [3.8, 4) is 11.3 Å². The van der Waals surface area contributed by atoms with Crippen LogP contribution in [0, 0.1) is 6.92 Å². The second-order valence-electron chi connectivity index (χ2n) is 8.16. The SMILES string of the molecule is Cc1nc(-c2ccccc2CN2CCP(=O)(O)[C@](CCCCN)(C(=O)O)C2)cn1C. The maximum atomic E-state index is 13.0. The Bertz CT molecular complexity index is 941. The van der Waals surface area contributed by atoms with E-state index in [0.717, 1.165) is 22.6 Å². The van der Waals surface area contributed by atoms with E-state index in [-0.39, 0.29) is 19.1 Å². The molecule has 2 aromatic rings. The number of nitrogens with zero attached hydrogens (tertiary/aromatic N) is 3. The molecule has 0 radical (unpaired) electrons. The van der Waals surface area contributed by atoms with Crippen molar-refractivity contribution in [2.75, 3.05) is 25.8 Å². The fourth-order valence-electron chi connectivity index (χ4n) is 4.16. The number of carbonyl (C=O) groups is 1. The topological polar surface area (TPSA) is 122 Å². The summed E-state index contributed by atoms with van der Waals surface area (Å²) in [4.78, 5) is 29.4. The van der Waals surface area contributed by atoms with Crippen molar-refractivity contribution in [2.24, 2.45) is 12.8 Å². The number of hydrogen-bond acceptors (Lipinski definition) is 5. The Morgan fingerprint density at radius 3 is 2.70 bits per heavy atom. The first-order chi connectivity index (χ1) is 14.2. The fraction of sp³-hybridized carbons (Fsp3) is 0.524. The fourth-order valence-corrected chi connectivity index (χ4v) is 6.37. The Morgan fingerprint density at radius 2 is 2.07 bits per heavy atom. The number of aryl methyl sites for hydroxylation is 2. The van der Waals surface area contributed by atoms with Gasteiger partial charge in [0.15, 0.2) is 5.16 Å². The molecule has 1 saturated heterocycles. The molecule has 8 nitrogen and oxygen atoms in total. The lowest BCUT2D eigenvalue weighted by atomic mass is 9.98. The van der Waals surface area contributed by atoms with Gasteiger partial charge in [-0.1, -0.05) is 30.7 Å². The smallest absolute Gasteiger partial charge is 0.320 e. The molecule has 0 amide bonds. The second kappa shape index (κ2) is 9.02. The minimum absolute atomic E-state index is 0.0210. The first-order valence-corrected chi connectivity index (χ1v) is 12.1. The van der Waals surface area contributed by atoms with Gasteiger partial charge in [0.05, 0.1) is 5.69 Å². The molecule has 0 aliphatic carbocycles. The van der Waals surface area contributed by atoms with E-state index >= 15 is 0 Å². The van der Waals surface area contributed by atoms with Gasteiger partial charge < -0.3 is 20.3 Å². The zero-order chi connectivity index (χ0) is 21.9. The molecular weight excluding hydrogens is 403 g/mol. The molecule has 30 heavy (non-hydrogen) atoms. The standard InChI is InChI=1S/C21H31N4O4P/c1-16-23-19(14-24(16)2)18-8-4-3-7-17(18)13-25-11-12-30(28,29)21(15-25,20(26)27)9-5-6-10-22/h3-4,7-8,14H,5-6,9-13,15,22H2,1-2H3,(H,26,27)(H,28,29)/t21-/m0/s1. The van der Waals surface area contributed by atoms with Crippen molar-refractivity contribution in [1.82, 2.24) is 14.5 Å². The van der Waals surface area contributed by atoms with Crippen LogP contribution < -0.4 is 5.73 Å². The van der Waals surface area contributed by atoms with Crippen molar-refractivity contribution >= 4 is 13.3 Å². The Kier molecular flexibility index (Phi) is 6.82. The maximum Gasteiger partial charge on any atom is 0.320 e. The zero-order valence-corrected chi connectivity index (χ0v) is 18.5. The summed E-state index contributed by atoms with van der Waals surface area (Å²) in [6, 6.07) is 7.91. The van der Waals surface area contributed by atoms with Gasteiger partial charge in [-0.25, -0.2) is 4.98 Å². The number of aliphatic carboxylic acids is 1. The van der Waals surface area contributed by atoms with E-state index in [1.165, 1.54) is 0 Å². The molecule has 2 heterocycles. The number of aromatic nitrogens is 2. The molecule has 164 valence electrons. The molecule has 1 fully saturated rings. The van der Waals surface area contributed by atoms with E-state index in [2.05, 4.69) is 4.98 Å². The summed E-state index contributed by atoms with van der Waals surface area (Å²) in [5.41, 5.74) is 8.42. The lowest BCUT2D eigenvalue weighted by Gasteiger charge is -2.43. The van der Waals surface area contributed by atoms with E-state index in [9.17, 15) is 19.4 Å². The Hall–Kier alpha value is -1.99. The summed E-state index contributed by atoms with van der Waals surface area (Å²) in [6.45, 7) is 3.31. The molecule has 1 aliphatic rings. The molecule has 9 heteroatoms. The van der Waals surface area contributed by atoms with E-state index in [1.807, 2.05) is 53.9 Å². The molecule has 0 bridgehead atoms. The molecule has 1 aromatic carbocycles. The molecular formula is C21H31N4O4P. The van der Waals surface area contributed by atoms with Gasteiger partial charge in [0.2, 0.25) is 7.37 Å². The monoisotopic (exact) mass is 434 g/mol. The van der Waals surface area contributed by atoms with Crippen LogP contribution in [0.4, 0.5) is 0 Å². The largest absolute Gasteiger partial charge is 0.480 e. The third-order valence-corrected chi connectivity index (χ3v) is 8.81. The van der Waals surface area contributed by atoms with Crippen molar-refractivity contribution in [2.45, 2.75) is 37.9 Å². The van der Waals surface area contributed by atoms with Gasteiger partial charge in [0.1, 0.15) is 5.82 Å². The summed E-state index contributed by atoms with van der Waals surface area (Å²) in [5.74, 6) is -0.285. The first-order valence-electron chi connectivity index (χ1n) is 10.3. The van der Waals surface area contributed by atoms with Crippen LogP contribution in [0.25, 0.3) is 11.3 Å². The van der Waals surface area contributed by atoms with Crippen LogP contribution in [0.3, 0.4) is 0 Å². The summed E-state index contributed by atoms with van der Waals surface area (Å²) in [5, 5.41) is 8.33. The Labute approximate surface area is 177 Å². The van der Waals surface area contributed by atoms with E-state index in [1.54, 1.807) is 0 Å². The third-order valence-electron chi connectivity index (χ3n) is 6.11. The number of unbranched alkanes of at least 4 members (excludes halogenated alkanes) is 1. The van der Waals surface area contributed by atoms with Crippen molar-refractivity contribution in [3.05, 3.63) is 41.9 Å². The van der Waals surface area contributed by atoms with Crippen molar-refractivity contribution in [3.63, 3.8) is 0 Å². The van der Waals surface area contributed by atoms with Crippen molar-refractivity contribution in [1.29, 1.82) is 0 Å². The number of nitrogens with two attached hydrogens (primary N) is 1. The van der Waals surface area contributed by atoms with Gasteiger partial charge in [-0.05, 0) is 31.9 Å². The minimum Gasteiger partial charge on any atom is -0.480 e. The summed E-state index contributed by atoms with van der Waals surface area (Å²) >= 11 is 0. The summed E-state index contributed by atoms with van der Waals surface area (Å²) in [6.07, 6.45) is 3.26. The third kappa shape index (κ3) is 4.37. The highest BCUT2D eigenvalue weighted by Crippen LogP contribution is 2.59. The van der Waals surface area contributed by atoms with E-state index in [4.69, 9.17) is 5.73 Å². The van der Waals surface area contributed by atoms with Gasteiger partial charge >= 0.3 is 5.97 Å². The Balaban J connectivity index is 1.88. The normalized spacial score (nSPS) is 24.8. The molecule has 2 atom stereocenters. The van der Waals surface area contributed by atoms with Gasteiger partial charge in [-0.2, -0.15) is 0 Å². The predicted octanol–water partition coefficient (Wildman–Crippen LogP) is 2.43. The average Bonchev–Trinajstić information content (AvgIpc) is 3.03. The lowest BCUT2D eigenvalue weighted by molar-refractivity contribution is -0.141. The van der Waals surface area contributed by atoms with Crippen LogP contribution in [0.2, 0.25) is 0 Å². The van der Waals surface area contributed by atoms with Crippen LogP contribution in [0.15, 0.2) is 30.5 Å². The molecule has 0 saturated carbocycles. The van der Waals surface area contributed by atoms with Crippen LogP contribution in [0.5, 0.6) is 0 Å². The van der Waals surface area contributed by atoms with Gasteiger partial charge in [-0.3, -0.25) is 14.3 Å². The zero-order valence-electron chi connectivity index (χ0n) is 17.6. The highest BCUT2D eigenvalue weighted by atomic mass is 31.2. The molecule has 1 unspecified atom stereocenters.